The first-order valence-corrected chi connectivity index (χ1v) is 0. The minimum atomic E-state index is 0. The van der Waals surface area contributed by atoms with Crippen LogP contribution < -0.4 is 0 Å². The van der Waals surface area contributed by atoms with Gasteiger partial charge in [-0.15, -0.1) is 0 Å². The Labute approximate surface area is 97.3 Å². The molecule has 0 rings (SSSR count). The first kappa shape index (κ1) is 41.9. The van der Waals surface area contributed by atoms with Crippen LogP contribution in [0.15, 0.2) is 0 Å². The van der Waals surface area contributed by atoms with Gasteiger partial charge in [-0.2, -0.15) is 0 Å². The van der Waals surface area contributed by atoms with Crippen molar-refractivity contribution in [1.82, 2.24) is 0 Å². The molecule has 0 aliphatic carbocycles. The molecule has 0 aliphatic heterocycles. The molecule has 0 amide bonds. The van der Waals surface area contributed by atoms with E-state index in [1.165, 1.54) is 0 Å². The summed E-state index contributed by atoms with van der Waals surface area (Å²) in [5.41, 5.74) is 0. The summed E-state index contributed by atoms with van der Waals surface area (Å²) in [7, 11) is 0. The van der Waals surface area contributed by atoms with Crippen molar-refractivity contribution < 1.29 is 51.2 Å². The quantitative estimate of drug-likeness (QED) is 0.395. The van der Waals surface area contributed by atoms with E-state index < -0.39 is 0 Å². The normalized spacial score (nSPS) is 0. The van der Waals surface area contributed by atoms with Crippen LogP contribution in [0.5, 0.6) is 0 Å². The van der Waals surface area contributed by atoms with Gasteiger partial charge in [-0.3, -0.25) is 0 Å². The second-order valence-electron chi connectivity index (χ2n) is 0. The van der Waals surface area contributed by atoms with Crippen molar-refractivity contribution in [2.45, 2.75) is 0 Å². The zero-order valence-electron chi connectivity index (χ0n) is 2.32. The standard InChI is InChI=1S/3Cu.2Sn.4H. The predicted molar refractivity (Wildman–Crippen MR) is 17.1 cm³/mol. The number of hydrogen-bond donors (Lipinski definition) is 0. The Balaban J connectivity index is 0. The van der Waals surface area contributed by atoms with Gasteiger partial charge in [0.05, 0.1) is 0 Å². The van der Waals surface area contributed by atoms with Crippen molar-refractivity contribution in [2.75, 3.05) is 0 Å². The van der Waals surface area contributed by atoms with Crippen molar-refractivity contribution in [3.63, 3.8) is 0 Å². The van der Waals surface area contributed by atoms with Gasteiger partial charge in [-0.25, -0.2) is 0 Å². The predicted octanol–water partition coefficient (Wildman–Crippen LogP) is -1.84. The second kappa shape index (κ2) is 27.2. The van der Waals surface area contributed by atoms with Gasteiger partial charge >= 0.3 is 47.8 Å². The van der Waals surface area contributed by atoms with Gasteiger partial charge in [0.15, 0.2) is 0 Å². The van der Waals surface area contributed by atoms with E-state index in [2.05, 4.69) is 0 Å². The van der Waals surface area contributed by atoms with Crippen molar-refractivity contribution >= 4 is 47.8 Å². The Morgan fingerprint density at radius 1 is 0.400 bits per heavy atom. The fraction of sp³-hybridized carbons (Fsp3) is 0. The molecule has 0 fully saturated rings. The summed E-state index contributed by atoms with van der Waals surface area (Å²) >= 11 is 0. The van der Waals surface area contributed by atoms with Crippen LogP contribution >= 0.6 is 0 Å². The third-order valence-corrected chi connectivity index (χ3v) is 0. The van der Waals surface area contributed by atoms with E-state index >= 15 is 0 Å². The molecule has 0 saturated heterocycles. The van der Waals surface area contributed by atoms with E-state index in [-0.39, 0.29) is 99.0 Å². The Bertz CT molecular complexity index is 4.85. The second-order valence-corrected chi connectivity index (χ2v) is 0. The molecule has 0 nitrogen and oxygen atoms in total. The Morgan fingerprint density at radius 2 is 0.400 bits per heavy atom. The van der Waals surface area contributed by atoms with Crippen LogP contribution in [-0.4, -0.2) is 47.8 Å². The summed E-state index contributed by atoms with van der Waals surface area (Å²) in [6, 6.07) is 0. The third kappa shape index (κ3) is 19.1. The van der Waals surface area contributed by atoms with Gasteiger partial charge in [0.1, 0.15) is 0 Å². The van der Waals surface area contributed by atoms with E-state index in [1.54, 1.807) is 0 Å². The molecule has 5 heavy (non-hydrogen) atoms. The first-order chi connectivity index (χ1) is 0. The molecule has 0 aromatic rings. The average Bonchev–Trinajstić information content (AvgIpc) is 0. The third-order valence-electron chi connectivity index (χ3n) is 0. The van der Waals surface area contributed by atoms with Crippen LogP contribution in [0.1, 0.15) is 0 Å². The Kier molecular flexibility index (Phi) is 228. The molecule has 0 atom stereocenters. The van der Waals surface area contributed by atoms with Gasteiger partial charge in [0.2, 0.25) is 0 Å². The van der Waals surface area contributed by atoms with E-state index in [0.29, 0.717) is 0 Å². The SMILES string of the molecule is [Cu].[Cu].[Cu].[SnH2].[SnH2]. The van der Waals surface area contributed by atoms with E-state index in [1.807, 2.05) is 0 Å². The van der Waals surface area contributed by atoms with Crippen molar-refractivity contribution in [3.05, 3.63) is 0 Å². The first-order valence-electron chi connectivity index (χ1n) is 0. The van der Waals surface area contributed by atoms with Crippen LogP contribution in [0.25, 0.3) is 0 Å². The van der Waals surface area contributed by atoms with Crippen LogP contribution in [0.4, 0.5) is 0 Å². The molecular weight excluding hydrogens is 428 g/mol. The van der Waals surface area contributed by atoms with Crippen molar-refractivity contribution in [2.24, 2.45) is 0 Å². The molecule has 0 aromatic heterocycles. The summed E-state index contributed by atoms with van der Waals surface area (Å²) in [6.45, 7) is 0. The van der Waals surface area contributed by atoms with E-state index in [4.69, 9.17) is 0 Å². The molecule has 0 heterocycles. The summed E-state index contributed by atoms with van der Waals surface area (Å²) < 4.78 is 0. The molecular formula is H4Cu3Sn2. The van der Waals surface area contributed by atoms with Gasteiger partial charge in [-0.05, 0) is 0 Å². The monoisotopic (exact) mass is 433 g/mol. The molecule has 0 N–H and O–H groups in total. The van der Waals surface area contributed by atoms with E-state index in [0.717, 1.165) is 0 Å². The Morgan fingerprint density at radius 3 is 0.400 bits per heavy atom. The van der Waals surface area contributed by atoms with Gasteiger partial charge in [0, 0.05) is 51.2 Å². The summed E-state index contributed by atoms with van der Waals surface area (Å²) in [5, 5.41) is 0. The molecule has 45 valence electrons. The zero-order valence-corrected chi connectivity index (χ0v) is 13.2. The zero-order chi connectivity index (χ0) is 0. The molecule has 0 spiro atoms. The van der Waals surface area contributed by atoms with Gasteiger partial charge < -0.3 is 0 Å². The summed E-state index contributed by atoms with van der Waals surface area (Å²) in [4.78, 5) is 0. The molecule has 0 aliphatic rings. The fourth-order valence-electron chi connectivity index (χ4n) is 0. The van der Waals surface area contributed by atoms with Crippen LogP contribution in [-0.2, 0) is 51.2 Å². The van der Waals surface area contributed by atoms with Crippen molar-refractivity contribution in [3.8, 4) is 0 Å². The van der Waals surface area contributed by atoms with Gasteiger partial charge in [0.25, 0.3) is 0 Å². The molecule has 0 bridgehead atoms. The number of hydrogen-bond acceptors (Lipinski definition) is 0. The Hall–Kier alpha value is 3.16. The number of rotatable bonds is 0. The molecule has 0 saturated carbocycles. The van der Waals surface area contributed by atoms with Gasteiger partial charge in [-0.1, -0.05) is 0 Å². The molecule has 0 unspecified atom stereocenters. The molecule has 7 radical (unpaired) electrons. The van der Waals surface area contributed by atoms with Crippen LogP contribution in [0.3, 0.4) is 0 Å². The maximum absolute atomic E-state index is 0. The van der Waals surface area contributed by atoms with Crippen LogP contribution in [0.2, 0.25) is 0 Å². The summed E-state index contributed by atoms with van der Waals surface area (Å²) in [5.74, 6) is 0. The summed E-state index contributed by atoms with van der Waals surface area (Å²) in [6.07, 6.45) is 0. The molecule has 5 heteroatoms. The van der Waals surface area contributed by atoms with Crippen molar-refractivity contribution in [1.29, 1.82) is 0 Å². The minimum absolute atomic E-state index is 0. The topological polar surface area (TPSA) is 0 Å². The maximum atomic E-state index is 0. The fourth-order valence-corrected chi connectivity index (χ4v) is 0. The van der Waals surface area contributed by atoms with E-state index in [9.17, 15) is 0 Å². The van der Waals surface area contributed by atoms with Crippen LogP contribution in [0, 0.1) is 0 Å². The molecule has 0 aromatic carbocycles. The average molecular weight is 432 g/mol.